The number of hydrogen-bond acceptors (Lipinski definition) is 3. The van der Waals surface area contributed by atoms with E-state index in [0.717, 1.165) is 52.1 Å². The van der Waals surface area contributed by atoms with E-state index in [1.54, 1.807) is 0 Å². The summed E-state index contributed by atoms with van der Waals surface area (Å²) in [6.45, 7) is 10.7. The third kappa shape index (κ3) is 4.79. The summed E-state index contributed by atoms with van der Waals surface area (Å²) in [4.78, 5) is 14.7. The zero-order valence-corrected chi connectivity index (χ0v) is 19.9. The second kappa shape index (κ2) is 10.3. The average Bonchev–Trinajstić information content (AvgIpc) is 2.76. The number of amides is 1. The summed E-state index contributed by atoms with van der Waals surface area (Å²) in [5.74, 6) is 1.60. The van der Waals surface area contributed by atoms with Crippen LogP contribution in [0.2, 0.25) is 0 Å². The average molecular weight is 471 g/mol. The summed E-state index contributed by atoms with van der Waals surface area (Å²) >= 11 is 3.59. The second-order valence-corrected chi connectivity index (χ2v) is 8.36. The monoisotopic (exact) mass is 470 g/mol. The molecule has 0 saturated heterocycles. The standard InChI is InChI=1S/C25H31BrN2O2/c1-5-19(27-6-2)11-13-20-21-12-9-17(25(29)28(7-3)8-4)15-24(21)30-23-14-10-18(26)16-22(20)23/h9-10,12-16,19,27H,5-8,11H2,1-4H3/b20-13+. The molecular formula is C25H31BrN2O2. The number of fused-ring (bicyclic) bond motifs is 2. The minimum atomic E-state index is 0.0386. The van der Waals surface area contributed by atoms with Crippen molar-refractivity contribution in [3.63, 3.8) is 0 Å². The molecule has 1 atom stereocenters. The van der Waals surface area contributed by atoms with Crippen LogP contribution in [0.15, 0.2) is 46.9 Å². The molecule has 160 valence electrons. The Kier molecular flexibility index (Phi) is 7.73. The predicted molar refractivity (Wildman–Crippen MR) is 127 cm³/mol. The smallest absolute Gasteiger partial charge is 0.253 e. The van der Waals surface area contributed by atoms with Gasteiger partial charge in [0.05, 0.1) is 0 Å². The molecule has 4 nitrogen and oxygen atoms in total. The van der Waals surface area contributed by atoms with Crippen molar-refractivity contribution >= 4 is 27.4 Å². The first-order chi connectivity index (χ1) is 14.5. The molecule has 1 N–H and O–H groups in total. The lowest BCUT2D eigenvalue weighted by Crippen LogP contribution is -2.30. The van der Waals surface area contributed by atoms with E-state index in [2.05, 4.69) is 47.2 Å². The molecule has 1 aliphatic heterocycles. The first-order valence-electron chi connectivity index (χ1n) is 10.9. The van der Waals surface area contributed by atoms with Crippen LogP contribution >= 0.6 is 15.9 Å². The topological polar surface area (TPSA) is 41.6 Å². The van der Waals surface area contributed by atoms with E-state index in [-0.39, 0.29) is 5.91 Å². The van der Waals surface area contributed by atoms with Gasteiger partial charge in [-0.25, -0.2) is 0 Å². The minimum Gasteiger partial charge on any atom is -0.456 e. The molecule has 1 amide bonds. The Bertz CT molecular complexity index is 935. The van der Waals surface area contributed by atoms with E-state index in [4.69, 9.17) is 4.74 Å². The van der Waals surface area contributed by atoms with Gasteiger partial charge < -0.3 is 15.0 Å². The molecule has 3 rings (SSSR count). The van der Waals surface area contributed by atoms with Crippen LogP contribution in [-0.2, 0) is 0 Å². The molecule has 0 fully saturated rings. The highest BCUT2D eigenvalue weighted by Gasteiger charge is 2.24. The van der Waals surface area contributed by atoms with Gasteiger partial charge in [0.15, 0.2) is 0 Å². The van der Waals surface area contributed by atoms with Gasteiger partial charge in [-0.1, -0.05) is 35.9 Å². The van der Waals surface area contributed by atoms with Gasteiger partial charge in [-0.05, 0) is 75.2 Å². The van der Waals surface area contributed by atoms with Gasteiger partial charge in [0, 0.05) is 40.3 Å². The fourth-order valence-electron chi connectivity index (χ4n) is 3.88. The van der Waals surface area contributed by atoms with E-state index in [1.807, 2.05) is 49.1 Å². The van der Waals surface area contributed by atoms with E-state index >= 15 is 0 Å². The van der Waals surface area contributed by atoms with Gasteiger partial charge in [0.2, 0.25) is 0 Å². The summed E-state index contributed by atoms with van der Waals surface area (Å²) in [7, 11) is 0. The molecule has 0 aliphatic carbocycles. The molecule has 1 heterocycles. The Labute approximate surface area is 188 Å². The molecule has 0 bridgehead atoms. The van der Waals surface area contributed by atoms with Crippen molar-refractivity contribution < 1.29 is 9.53 Å². The number of nitrogens with zero attached hydrogens (tertiary/aromatic N) is 1. The van der Waals surface area contributed by atoms with Crippen LogP contribution in [0.5, 0.6) is 11.5 Å². The van der Waals surface area contributed by atoms with E-state index in [1.165, 1.54) is 0 Å². The molecule has 2 aromatic rings. The summed E-state index contributed by atoms with van der Waals surface area (Å²) in [6, 6.07) is 12.3. The lowest BCUT2D eigenvalue weighted by molar-refractivity contribution is 0.0772. The summed E-state index contributed by atoms with van der Waals surface area (Å²) in [5.41, 5.74) is 3.93. The number of nitrogens with one attached hydrogen (secondary N) is 1. The molecule has 1 unspecified atom stereocenters. The Hall–Kier alpha value is -2.11. The Morgan fingerprint density at radius 3 is 2.50 bits per heavy atom. The van der Waals surface area contributed by atoms with Gasteiger partial charge in [-0.3, -0.25) is 4.79 Å². The summed E-state index contributed by atoms with van der Waals surface area (Å²) < 4.78 is 7.25. The Morgan fingerprint density at radius 2 is 1.83 bits per heavy atom. The largest absolute Gasteiger partial charge is 0.456 e. The van der Waals surface area contributed by atoms with Gasteiger partial charge in [-0.2, -0.15) is 0 Å². The van der Waals surface area contributed by atoms with Crippen LogP contribution in [0.3, 0.4) is 0 Å². The van der Waals surface area contributed by atoms with E-state index in [9.17, 15) is 4.79 Å². The minimum absolute atomic E-state index is 0.0386. The molecule has 0 saturated carbocycles. The number of benzene rings is 2. The van der Waals surface area contributed by atoms with Gasteiger partial charge >= 0.3 is 0 Å². The predicted octanol–water partition coefficient (Wildman–Crippen LogP) is 6.25. The van der Waals surface area contributed by atoms with Crippen molar-refractivity contribution in [2.75, 3.05) is 19.6 Å². The fraction of sp³-hybridized carbons (Fsp3) is 0.400. The summed E-state index contributed by atoms with van der Waals surface area (Å²) in [6.07, 6.45) is 4.31. The van der Waals surface area contributed by atoms with Crippen LogP contribution in [0.4, 0.5) is 0 Å². The van der Waals surface area contributed by atoms with Gasteiger partial charge in [-0.15, -0.1) is 0 Å². The normalized spacial score (nSPS) is 14.6. The number of carbonyl (C=O) groups is 1. The fourth-order valence-corrected chi connectivity index (χ4v) is 4.25. The summed E-state index contributed by atoms with van der Waals surface area (Å²) in [5, 5.41) is 3.55. The molecule has 0 radical (unpaired) electrons. The number of halogens is 1. The molecule has 2 aromatic carbocycles. The Balaban J connectivity index is 2.03. The molecule has 0 spiro atoms. The highest BCUT2D eigenvalue weighted by atomic mass is 79.9. The highest BCUT2D eigenvalue weighted by Crippen LogP contribution is 2.45. The van der Waals surface area contributed by atoms with Gasteiger partial charge in [0.25, 0.3) is 5.91 Å². The van der Waals surface area contributed by atoms with Crippen molar-refractivity contribution in [1.29, 1.82) is 0 Å². The zero-order chi connectivity index (χ0) is 21.7. The SMILES string of the molecule is CCNC(CC)C/C=C1\c2ccc(C(=O)N(CC)CC)cc2Oc2ccc(Br)cc21. The molecule has 5 heteroatoms. The van der Waals surface area contributed by atoms with Crippen LogP contribution < -0.4 is 10.1 Å². The van der Waals surface area contributed by atoms with E-state index < -0.39 is 0 Å². The number of ether oxygens (including phenoxy) is 1. The first-order valence-corrected chi connectivity index (χ1v) is 11.7. The van der Waals surface area contributed by atoms with Crippen LogP contribution in [0.25, 0.3) is 5.57 Å². The number of carbonyl (C=O) groups excluding carboxylic acids is 1. The lowest BCUT2D eigenvalue weighted by Gasteiger charge is -2.25. The van der Waals surface area contributed by atoms with Gasteiger partial charge in [0.1, 0.15) is 11.5 Å². The molecular weight excluding hydrogens is 440 g/mol. The lowest BCUT2D eigenvalue weighted by atomic mass is 9.91. The van der Waals surface area contributed by atoms with Crippen molar-refractivity contribution in [2.45, 2.75) is 46.6 Å². The molecule has 0 aromatic heterocycles. The third-order valence-corrected chi connectivity index (χ3v) is 6.11. The maximum absolute atomic E-state index is 12.8. The Morgan fingerprint density at radius 1 is 1.07 bits per heavy atom. The van der Waals surface area contributed by atoms with Crippen molar-refractivity contribution in [1.82, 2.24) is 10.2 Å². The first kappa shape index (κ1) is 22.6. The quantitative estimate of drug-likeness (QED) is 0.423. The molecule has 1 aliphatic rings. The van der Waals surface area contributed by atoms with Crippen LogP contribution in [0, 0.1) is 0 Å². The number of rotatable bonds is 8. The van der Waals surface area contributed by atoms with Crippen LogP contribution in [-0.4, -0.2) is 36.5 Å². The maximum Gasteiger partial charge on any atom is 0.253 e. The zero-order valence-electron chi connectivity index (χ0n) is 18.3. The van der Waals surface area contributed by atoms with Crippen molar-refractivity contribution in [2.24, 2.45) is 0 Å². The molecule has 30 heavy (non-hydrogen) atoms. The maximum atomic E-state index is 12.8. The highest BCUT2D eigenvalue weighted by molar-refractivity contribution is 9.10. The van der Waals surface area contributed by atoms with Crippen LogP contribution in [0.1, 0.15) is 62.0 Å². The second-order valence-electron chi connectivity index (χ2n) is 7.45. The van der Waals surface area contributed by atoms with Crippen molar-refractivity contribution in [3.05, 3.63) is 63.6 Å². The third-order valence-electron chi connectivity index (χ3n) is 5.61. The number of hydrogen-bond donors (Lipinski definition) is 1. The van der Waals surface area contributed by atoms with Crippen molar-refractivity contribution in [3.8, 4) is 11.5 Å². The van der Waals surface area contributed by atoms with E-state index in [0.29, 0.717) is 24.7 Å².